The Labute approximate surface area is 109 Å². The minimum absolute atomic E-state index is 0. The van der Waals surface area contributed by atoms with E-state index in [1.54, 1.807) is 24.3 Å². The summed E-state index contributed by atoms with van der Waals surface area (Å²) < 4.78 is 0. The molecule has 1 saturated heterocycles. The molecule has 0 saturated carbocycles. The maximum Gasteiger partial charge on any atom is 0.211 e. The van der Waals surface area contributed by atoms with Gasteiger partial charge in [-0.25, -0.2) is 0 Å². The molecule has 1 N–H and O–H groups in total. The van der Waals surface area contributed by atoms with Gasteiger partial charge in [-0.3, -0.25) is 4.79 Å². The van der Waals surface area contributed by atoms with E-state index in [-0.39, 0.29) is 28.5 Å². The lowest BCUT2D eigenvalue weighted by molar-refractivity contribution is -0.0000120. The molecule has 0 bridgehead atoms. The average molecular weight is 303 g/mol. The first kappa shape index (κ1) is 13.6. The van der Waals surface area contributed by atoms with E-state index >= 15 is 0 Å². The van der Waals surface area contributed by atoms with Gasteiger partial charge in [0.15, 0.2) is 5.75 Å². The van der Waals surface area contributed by atoms with Gasteiger partial charge in [-0.2, -0.15) is 0 Å². The Morgan fingerprint density at radius 2 is 1.75 bits per heavy atom. The molecule has 2 rings (SSSR count). The van der Waals surface area contributed by atoms with Crippen LogP contribution < -0.4 is 17.0 Å². The Hall–Kier alpha value is -0.480. The first-order valence-corrected chi connectivity index (χ1v) is 6.95. The SMILES string of the molecule is O=C(C[S+]1CCCC1)c1ccc(O)cc1.[Br-]. The third-order valence-corrected chi connectivity index (χ3v) is 5.04. The zero-order chi connectivity index (χ0) is 10.7. The number of phenolic OH excluding ortho intramolecular Hbond substituents is 1. The van der Waals surface area contributed by atoms with Crippen LogP contribution in [0.3, 0.4) is 0 Å². The Bertz CT molecular complexity index is 345. The molecule has 1 heterocycles. The molecule has 0 amide bonds. The van der Waals surface area contributed by atoms with Crippen LogP contribution in [-0.4, -0.2) is 28.1 Å². The zero-order valence-electron chi connectivity index (χ0n) is 8.99. The third-order valence-electron chi connectivity index (χ3n) is 2.64. The number of phenols is 1. The molecule has 1 aromatic rings. The number of hydrogen-bond donors (Lipinski definition) is 1. The molecule has 1 aliphatic rings. The predicted octanol–water partition coefficient (Wildman–Crippen LogP) is -1.01. The lowest BCUT2D eigenvalue weighted by atomic mass is 10.1. The average Bonchev–Trinajstić information content (AvgIpc) is 2.71. The number of aromatic hydroxyl groups is 1. The second-order valence-electron chi connectivity index (χ2n) is 3.84. The lowest BCUT2D eigenvalue weighted by Gasteiger charge is -2.01. The smallest absolute Gasteiger partial charge is 0.211 e. The molecular weight excluding hydrogens is 288 g/mol. The molecule has 1 aliphatic heterocycles. The van der Waals surface area contributed by atoms with E-state index in [1.165, 1.54) is 24.3 Å². The van der Waals surface area contributed by atoms with Crippen LogP contribution in [0.1, 0.15) is 23.2 Å². The van der Waals surface area contributed by atoms with Gasteiger partial charge in [-0.1, -0.05) is 0 Å². The Morgan fingerprint density at radius 1 is 1.19 bits per heavy atom. The fourth-order valence-corrected chi connectivity index (χ4v) is 4.03. The summed E-state index contributed by atoms with van der Waals surface area (Å²) in [6, 6.07) is 6.56. The molecule has 16 heavy (non-hydrogen) atoms. The predicted molar refractivity (Wildman–Crippen MR) is 63.6 cm³/mol. The molecule has 0 aliphatic carbocycles. The molecule has 1 aromatic carbocycles. The minimum atomic E-state index is 0. The van der Waals surface area contributed by atoms with Crippen molar-refractivity contribution in [1.29, 1.82) is 0 Å². The molecule has 0 atom stereocenters. The fourth-order valence-electron chi connectivity index (χ4n) is 1.77. The Kier molecular flexibility index (Phi) is 5.35. The van der Waals surface area contributed by atoms with Gasteiger partial charge < -0.3 is 22.1 Å². The number of benzene rings is 1. The van der Waals surface area contributed by atoms with Gasteiger partial charge in [0.05, 0.1) is 0 Å². The van der Waals surface area contributed by atoms with Crippen molar-refractivity contribution in [3.05, 3.63) is 29.8 Å². The molecule has 4 heteroatoms. The number of Topliss-reactive ketones (excluding diaryl/α,β-unsaturated/α-hetero) is 1. The van der Waals surface area contributed by atoms with Gasteiger partial charge in [0.25, 0.3) is 0 Å². The van der Waals surface area contributed by atoms with Crippen LogP contribution in [0, 0.1) is 0 Å². The van der Waals surface area contributed by atoms with Crippen molar-refractivity contribution in [2.75, 3.05) is 17.3 Å². The van der Waals surface area contributed by atoms with Gasteiger partial charge in [0.2, 0.25) is 5.78 Å². The van der Waals surface area contributed by atoms with Gasteiger partial charge in [0, 0.05) is 5.56 Å². The molecule has 0 radical (unpaired) electrons. The number of hydrogen-bond acceptors (Lipinski definition) is 2. The lowest BCUT2D eigenvalue weighted by Crippen LogP contribution is -3.00. The van der Waals surface area contributed by atoms with Gasteiger partial charge in [-0.15, -0.1) is 0 Å². The van der Waals surface area contributed by atoms with Crippen molar-refractivity contribution in [3.63, 3.8) is 0 Å². The van der Waals surface area contributed by atoms with Gasteiger partial charge >= 0.3 is 0 Å². The first-order valence-electron chi connectivity index (χ1n) is 5.22. The van der Waals surface area contributed by atoms with Crippen LogP contribution in [0.5, 0.6) is 5.75 Å². The number of carbonyl (C=O) groups is 1. The summed E-state index contributed by atoms with van der Waals surface area (Å²) in [5, 5.41) is 9.11. The highest BCUT2D eigenvalue weighted by Gasteiger charge is 2.27. The van der Waals surface area contributed by atoms with Crippen LogP contribution in [-0.2, 0) is 10.9 Å². The van der Waals surface area contributed by atoms with Crippen molar-refractivity contribution in [1.82, 2.24) is 0 Å². The monoisotopic (exact) mass is 302 g/mol. The van der Waals surface area contributed by atoms with Crippen LogP contribution in [0.2, 0.25) is 0 Å². The summed E-state index contributed by atoms with van der Waals surface area (Å²) >= 11 is 0. The van der Waals surface area contributed by atoms with Crippen molar-refractivity contribution < 1.29 is 26.9 Å². The third kappa shape index (κ3) is 3.52. The number of carbonyl (C=O) groups excluding carboxylic acids is 1. The number of rotatable bonds is 3. The second kappa shape index (κ2) is 6.30. The van der Waals surface area contributed by atoms with E-state index in [1.807, 2.05) is 0 Å². The van der Waals surface area contributed by atoms with Crippen molar-refractivity contribution >= 4 is 16.7 Å². The molecule has 0 unspecified atom stereocenters. The summed E-state index contributed by atoms with van der Waals surface area (Å²) in [6.07, 6.45) is 2.57. The summed E-state index contributed by atoms with van der Waals surface area (Å²) in [6.45, 7) is 0. The van der Waals surface area contributed by atoms with E-state index in [2.05, 4.69) is 0 Å². The summed E-state index contributed by atoms with van der Waals surface area (Å²) in [5.74, 6) is 3.59. The minimum Gasteiger partial charge on any atom is -1.00 e. The molecule has 0 spiro atoms. The molecule has 88 valence electrons. The van der Waals surface area contributed by atoms with E-state index in [4.69, 9.17) is 5.11 Å². The van der Waals surface area contributed by atoms with E-state index in [0.717, 1.165) is 5.56 Å². The zero-order valence-corrected chi connectivity index (χ0v) is 11.4. The molecular formula is C12H15BrO2S. The topological polar surface area (TPSA) is 37.3 Å². The van der Waals surface area contributed by atoms with Crippen molar-refractivity contribution in [2.24, 2.45) is 0 Å². The quantitative estimate of drug-likeness (QED) is 0.574. The van der Waals surface area contributed by atoms with E-state index in [9.17, 15) is 4.79 Å². The van der Waals surface area contributed by atoms with E-state index in [0.29, 0.717) is 16.6 Å². The van der Waals surface area contributed by atoms with Crippen LogP contribution >= 0.6 is 0 Å². The maximum atomic E-state index is 11.8. The normalized spacial score (nSPS) is 15.8. The Balaban J connectivity index is 0.00000128. The molecule has 1 fully saturated rings. The van der Waals surface area contributed by atoms with E-state index < -0.39 is 0 Å². The first-order chi connectivity index (χ1) is 7.25. The largest absolute Gasteiger partial charge is 1.00 e. The van der Waals surface area contributed by atoms with Crippen molar-refractivity contribution in [3.8, 4) is 5.75 Å². The highest BCUT2D eigenvalue weighted by molar-refractivity contribution is 7.97. The highest BCUT2D eigenvalue weighted by atomic mass is 79.9. The van der Waals surface area contributed by atoms with Crippen LogP contribution in [0.15, 0.2) is 24.3 Å². The fraction of sp³-hybridized carbons (Fsp3) is 0.417. The van der Waals surface area contributed by atoms with Gasteiger partial charge in [0.1, 0.15) is 17.3 Å². The maximum absolute atomic E-state index is 11.8. The number of halogens is 1. The highest BCUT2D eigenvalue weighted by Crippen LogP contribution is 2.16. The van der Waals surface area contributed by atoms with Crippen LogP contribution in [0.25, 0.3) is 0 Å². The summed E-state index contributed by atoms with van der Waals surface area (Å²) in [7, 11) is 0.325. The van der Waals surface area contributed by atoms with Crippen molar-refractivity contribution in [2.45, 2.75) is 12.8 Å². The second-order valence-corrected chi connectivity index (χ2v) is 6.17. The molecule has 0 aromatic heterocycles. The Morgan fingerprint density at radius 3 is 2.31 bits per heavy atom. The molecule has 2 nitrogen and oxygen atoms in total. The van der Waals surface area contributed by atoms with Gasteiger partial charge in [-0.05, 0) is 48.0 Å². The van der Waals surface area contributed by atoms with Crippen LogP contribution in [0.4, 0.5) is 0 Å². The number of ketones is 1. The standard InChI is InChI=1S/C12H14O2S.BrH/c13-11-5-3-10(4-6-11)12(14)9-15-7-1-2-8-15;/h3-6H,1-2,7-9H2;1H. The summed E-state index contributed by atoms with van der Waals surface area (Å²) in [4.78, 5) is 11.8. The summed E-state index contributed by atoms with van der Waals surface area (Å²) in [5.41, 5.74) is 0.729.